The summed E-state index contributed by atoms with van der Waals surface area (Å²) in [7, 11) is 0. The summed E-state index contributed by atoms with van der Waals surface area (Å²) < 4.78 is 0. The monoisotopic (exact) mass is 527 g/mol. The van der Waals surface area contributed by atoms with Crippen molar-refractivity contribution in [3.63, 3.8) is 0 Å². The van der Waals surface area contributed by atoms with Gasteiger partial charge in [-0.1, -0.05) is 37.0 Å². The highest BCUT2D eigenvalue weighted by molar-refractivity contribution is 7.09. The SMILES string of the molecule is CCN(CC)CCCC(C)NC(=O)c1csc(CN(C(=O)Nc2ccc(Cl)c(Cl)c2)C(C)C)n1. The van der Waals surface area contributed by atoms with E-state index in [0.717, 1.165) is 32.5 Å². The summed E-state index contributed by atoms with van der Waals surface area (Å²) in [5.74, 6) is -0.186. The van der Waals surface area contributed by atoms with Gasteiger partial charge < -0.3 is 20.4 Å². The molecule has 10 heteroatoms. The lowest BCUT2D eigenvalue weighted by Gasteiger charge is -2.26. The first-order valence-corrected chi connectivity index (χ1v) is 13.3. The highest BCUT2D eigenvalue weighted by atomic mass is 35.5. The van der Waals surface area contributed by atoms with Gasteiger partial charge in [-0.3, -0.25) is 4.79 Å². The van der Waals surface area contributed by atoms with Crippen LogP contribution in [0.1, 0.15) is 63.0 Å². The number of amides is 3. The zero-order valence-electron chi connectivity index (χ0n) is 20.5. The van der Waals surface area contributed by atoms with Crippen LogP contribution in [0.25, 0.3) is 0 Å². The van der Waals surface area contributed by atoms with Crippen molar-refractivity contribution in [2.45, 2.75) is 66.1 Å². The lowest BCUT2D eigenvalue weighted by atomic mass is 10.1. The molecule has 2 N–H and O–H groups in total. The Hall–Kier alpha value is -1.87. The maximum Gasteiger partial charge on any atom is 0.322 e. The van der Waals surface area contributed by atoms with Gasteiger partial charge in [0.05, 0.1) is 16.6 Å². The normalized spacial score (nSPS) is 12.1. The van der Waals surface area contributed by atoms with E-state index in [-0.39, 0.29) is 24.0 Å². The van der Waals surface area contributed by atoms with Gasteiger partial charge in [-0.2, -0.15) is 0 Å². The van der Waals surface area contributed by atoms with Crippen LogP contribution in [0.15, 0.2) is 23.6 Å². The fraction of sp³-hybridized carbons (Fsp3) is 0.542. The maximum atomic E-state index is 12.9. The van der Waals surface area contributed by atoms with E-state index in [4.69, 9.17) is 23.2 Å². The van der Waals surface area contributed by atoms with Crippen molar-refractivity contribution < 1.29 is 9.59 Å². The van der Waals surface area contributed by atoms with Crippen molar-refractivity contribution in [2.75, 3.05) is 25.0 Å². The van der Waals surface area contributed by atoms with Gasteiger partial charge in [-0.05, 0) is 71.4 Å². The molecule has 0 radical (unpaired) electrons. The van der Waals surface area contributed by atoms with E-state index >= 15 is 0 Å². The average Bonchev–Trinajstić information content (AvgIpc) is 3.26. The second-order valence-electron chi connectivity index (χ2n) is 8.45. The van der Waals surface area contributed by atoms with Crippen molar-refractivity contribution in [1.29, 1.82) is 0 Å². The summed E-state index contributed by atoms with van der Waals surface area (Å²) in [4.78, 5) is 34.0. The lowest BCUT2D eigenvalue weighted by Crippen LogP contribution is -2.39. The Labute approximate surface area is 216 Å². The van der Waals surface area contributed by atoms with E-state index in [0.29, 0.717) is 33.0 Å². The third-order valence-corrected chi connectivity index (χ3v) is 7.10. The Morgan fingerprint density at radius 2 is 1.82 bits per heavy atom. The summed E-state index contributed by atoms with van der Waals surface area (Å²) in [6.45, 7) is 13.6. The minimum atomic E-state index is -0.281. The predicted molar refractivity (Wildman–Crippen MR) is 142 cm³/mol. The Bertz CT molecular complexity index is 949. The molecule has 1 aromatic carbocycles. The molecule has 0 saturated carbocycles. The number of benzene rings is 1. The van der Waals surface area contributed by atoms with Gasteiger partial charge in [0.25, 0.3) is 5.91 Å². The van der Waals surface area contributed by atoms with Gasteiger partial charge in [0, 0.05) is 23.2 Å². The quantitative estimate of drug-likeness (QED) is 0.347. The molecule has 0 aliphatic carbocycles. The highest BCUT2D eigenvalue weighted by Gasteiger charge is 2.21. The number of aromatic nitrogens is 1. The van der Waals surface area contributed by atoms with E-state index in [1.54, 1.807) is 28.5 Å². The molecule has 0 aliphatic rings. The third-order valence-electron chi connectivity index (χ3n) is 5.53. The first kappa shape index (κ1) is 28.4. The molecule has 188 valence electrons. The fourth-order valence-electron chi connectivity index (χ4n) is 3.42. The van der Waals surface area contributed by atoms with Gasteiger partial charge in [0.1, 0.15) is 10.7 Å². The summed E-state index contributed by atoms with van der Waals surface area (Å²) >= 11 is 13.4. The minimum absolute atomic E-state index is 0.0670. The van der Waals surface area contributed by atoms with Crippen molar-refractivity contribution in [1.82, 2.24) is 20.1 Å². The molecular formula is C24H35Cl2N5O2S. The average molecular weight is 529 g/mol. The summed E-state index contributed by atoms with van der Waals surface area (Å²) in [5, 5.41) is 9.10. The number of hydrogen-bond donors (Lipinski definition) is 2. The molecule has 0 saturated heterocycles. The van der Waals surface area contributed by atoms with Crippen molar-refractivity contribution in [2.24, 2.45) is 0 Å². The minimum Gasteiger partial charge on any atom is -0.348 e. The Morgan fingerprint density at radius 3 is 2.44 bits per heavy atom. The van der Waals surface area contributed by atoms with Crippen molar-refractivity contribution >= 4 is 52.2 Å². The first-order valence-electron chi connectivity index (χ1n) is 11.6. The maximum absolute atomic E-state index is 12.9. The van der Waals surface area contributed by atoms with E-state index in [1.807, 2.05) is 20.8 Å². The number of nitrogens with one attached hydrogen (secondary N) is 2. The molecule has 0 aliphatic heterocycles. The Balaban J connectivity index is 1.93. The van der Waals surface area contributed by atoms with Crippen LogP contribution in [0.2, 0.25) is 10.0 Å². The predicted octanol–water partition coefficient (Wildman–Crippen LogP) is 6.13. The number of urea groups is 1. The highest BCUT2D eigenvalue weighted by Crippen LogP contribution is 2.25. The zero-order chi connectivity index (χ0) is 25.3. The standard InChI is InChI=1S/C24H35Cl2N5O2S/c1-6-30(7-2)12-8-9-17(5)27-23(32)21-15-34-22(29-21)14-31(16(3)4)24(33)28-18-10-11-19(25)20(26)13-18/h10-11,13,15-17H,6-9,12,14H2,1-5H3,(H,27,32)(H,28,33). The number of hydrogen-bond acceptors (Lipinski definition) is 5. The molecule has 34 heavy (non-hydrogen) atoms. The second-order valence-corrected chi connectivity index (χ2v) is 10.2. The van der Waals surface area contributed by atoms with E-state index < -0.39 is 0 Å². The molecule has 0 bridgehead atoms. The fourth-order valence-corrected chi connectivity index (χ4v) is 4.49. The van der Waals surface area contributed by atoms with Gasteiger partial charge in [-0.15, -0.1) is 11.3 Å². The molecule has 2 rings (SSSR count). The number of rotatable bonds is 12. The van der Waals surface area contributed by atoms with Crippen LogP contribution in [0.4, 0.5) is 10.5 Å². The molecular weight excluding hydrogens is 493 g/mol. The van der Waals surface area contributed by atoms with Crippen LogP contribution in [0, 0.1) is 0 Å². The van der Waals surface area contributed by atoms with E-state index in [9.17, 15) is 9.59 Å². The van der Waals surface area contributed by atoms with E-state index in [1.165, 1.54) is 11.3 Å². The second kappa shape index (κ2) is 13.9. The molecule has 0 fully saturated rings. The first-order chi connectivity index (χ1) is 16.1. The van der Waals surface area contributed by atoms with Crippen LogP contribution in [-0.2, 0) is 6.54 Å². The van der Waals surface area contributed by atoms with Crippen LogP contribution in [-0.4, -0.2) is 58.4 Å². The summed E-state index contributed by atoms with van der Waals surface area (Å²) in [6, 6.07) is 4.65. The number of anilines is 1. The lowest BCUT2D eigenvalue weighted by molar-refractivity contribution is 0.0932. The number of carbonyl (C=O) groups is 2. The summed E-state index contributed by atoms with van der Waals surface area (Å²) in [6.07, 6.45) is 1.94. The van der Waals surface area contributed by atoms with Crippen LogP contribution < -0.4 is 10.6 Å². The molecule has 7 nitrogen and oxygen atoms in total. The van der Waals surface area contributed by atoms with E-state index in [2.05, 4.69) is 34.4 Å². The largest absolute Gasteiger partial charge is 0.348 e. The molecule has 1 atom stereocenters. The smallest absolute Gasteiger partial charge is 0.322 e. The molecule has 0 spiro atoms. The van der Waals surface area contributed by atoms with Crippen molar-refractivity contribution in [3.05, 3.63) is 44.3 Å². The Morgan fingerprint density at radius 1 is 1.12 bits per heavy atom. The van der Waals surface area contributed by atoms with Crippen LogP contribution in [0.3, 0.4) is 0 Å². The molecule has 3 amide bonds. The zero-order valence-corrected chi connectivity index (χ0v) is 22.9. The van der Waals surface area contributed by atoms with Gasteiger partial charge in [0.15, 0.2) is 0 Å². The number of halogens is 2. The molecule has 2 aromatic rings. The topological polar surface area (TPSA) is 77.6 Å². The number of carbonyl (C=O) groups excluding carboxylic acids is 2. The van der Waals surface area contributed by atoms with Crippen LogP contribution >= 0.6 is 34.5 Å². The summed E-state index contributed by atoms with van der Waals surface area (Å²) in [5.41, 5.74) is 0.934. The number of nitrogens with zero attached hydrogens (tertiary/aromatic N) is 3. The number of thiazole rings is 1. The molecule has 1 heterocycles. The van der Waals surface area contributed by atoms with Gasteiger partial charge >= 0.3 is 6.03 Å². The van der Waals surface area contributed by atoms with Gasteiger partial charge in [0.2, 0.25) is 0 Å². The van der Waals surface area contributed by atoms with Crippen LogP contribution in [0.5, 0.6) is 0 Å². The third kappa shape index (κ3) is 8.73. The van der Waals surface area contributed by atoms with Gasteiger partial charge in [-0.25, -0.2) is 9.78 Å². The molecule has 1 aromatic heterocycles. The molecule has 1 unspecified atom stereocenters. The Kier molecular flexibility index (Phi) is 11.6. The van der Waals surface area contributed by atoms with Crippen molar-refractivity contribution in [3.8, 4) is 0 Å².